The lowest BCUT2D eigenvalue weighted by atomic mass is 10.1. The van der Waals surface area contributed by atoms with E-state index in [9.17, 15) is 4.79 Å². The van der Waals surface area contributed by atoms with Gasteiger partial charge in [0.05, 0.1) is 17.8 Å². The number of nitrogens with one attached hydrogen (secondary N) is 2. The van der Waals surface area contributed by atoms with Gasteiger partial charge < -0.3 is 4.74 Å². The normalized spacial score (nSPS) is 10.6. The molecule has 0 saturated heterocycles. The van der Waals surface area contributed by atoms with Crippen LogP contribution in [0.5, 0.6) is 5.75 Å². The zero-order valence-corrected chi connectivity index (χ0v) is 17.0. The number of benzene rings is 1. The van der Waals surface area contributed by atoms with Crippen LogP contribution < -0.4 is 9.75 Å². The number of carbonyl (C=O) groups excluding carboxylic acids is 1. The third-order valence-corrected chi connectivity index (χ3v) is 3.59. The van der Waals surface area contributed by atoms with Gasteiger partial charge in [-0.05, 0) is 25.1 Å². The molecule has 6 nitrogen and oxygen atoms in total. The second kappa shape index (κ2) is 13.5. The number of amidine groups is 1. The van der Waals surface area contributed by atoms with E-state index in [1.165, 1.54) is 7.11 Å². The highest BCUT2D eigenvalue weighted by Gasteiger charge is 2.16. The Morgan fingerprint density at radius 3 is 2.52 bits per heavy atom. The number of anilines is 1. The maximum Gasteiger partial charge on any atom is 0.163 e. The van der Waals surface area contributed by atoms with Crippen molar-refractivity contribution in [2.75, 3.05) is 12.1 Å². The van der Waals surface area contributed by atoms with Gasteiger partial charge in [-0.1, -0.05) is 61.6 Å². The van der Waals surface area contributed by atoms with Crippen molar-refractivity contribution in [1.29, 1.82) is 10.9 Å². The number of nitrogens with zero attached hydrogens (tertiary/aromatic N) is 2. The first-order valence-electron chi connectivity index (χ1n) is 8.55. The van der Waals surface area contributed by atoms with Gasteiger partial charge in [0.2, 0.25) is 0 Å². The van der Waals surface area contributed by atoms with Crippen LogP contribution in [0.1, 0.15) is 33.6 Å². The summed E-state index contributed by atoms with van der Waals surface area (Å²) in [6.07, 6.45) is 6.90. The zero-order chi connectivity index (χ0) is 20.8. The van der Waals surface area contributed by atoms with E-state index in [4.69, 9.17) is 27.3 Å². The van der Waals surface area contributed by atoms with E-state index < -0.39 is 0 Å². The summed E-state index contributed by atoms with van der Waals surface area (Å²) in [7, 11) is 1.50. The van der Waals surface area contributed by atoms with E-state index in [0.717, 1.165) is 5.01 Å². The third kappa shape index (κ3) is 7.58. The molecule has 0 aliphatic heterocycles. The summed E-state index contributed by atoms with van der Waals surface area (Å²) in [5.74, 6) is 0.395. The molecule has 27 heavy (non-hydrogen) atoms. The van der Waals surface area contributed by atoms with Gasteiger partial charge >= 0.3 is 0 Å². The van der Waals surface area contributed by atoms with Crippen molar-refractivity contribution in [3.05, 3.63) is 59.7 Å². The predicted octanol–water partition coefficient (Wildman–Crippen LogP) is 6.14. The number of ketones is 1. The monoisotopic (exact) mass is 390 g/mol. The number of hydrogen-bond donors (Lipinski definition) is 2. The van der Waals surface area contributed by atoms with Crippen LogP contribution in [-0.4, -0.2) is 18.7 Å². The Hall–Kier alpha value is -2.73. The van der Waals surface area contributed by atoms with E-state index in [0.29, 0.717) is 22.0 Å². The van der Waals surface area contributed by atoms with Crippen LogP contribution in [-0.2, 0) is 4.79 Å². The van der Waals surface area contributed by atoms with Crippen LogP contribution in [0, 0.1) is 10.9 Å². The molecule has 0 atom stereocenters. The average Bonchev–Trinajstić information content (AvgIpc) is 2.68. The fourth-order valence-corrected chi connectivity index (χ4v) is 2.34. The Labute approximate surface area is 166 Å². The molecule has 1 rings (SSSR count). The van der Waals surface area contributed by atoms with Crippen molar-refractivity contribution >= 4 is 28.9 Å². The fraction of sp³-hybridized carbons (Fsp3) is 0.300. The number of methoxy groups -OCH3 is 1. The number of carbonyl (C=O) groups is 1. The molecule has 0 radical (unpaired) electrons. The Morgan fingerprint density at radius 1 is 1.37 bits per heavy atom. The highest BCUT2D eigenvalue weighted by molar-refractivity contribution is 6.32. The minimum atomic E-state index is -0.111. The van der Waals surface area contributed by atoms with Gasteiger partial charge in [0.1, 0.15) is 11.6 Å². The SMILES string of the molecule is C=C/C=C(\C=C/C)C(=O)CCC(=N)N(N=N)c1ccc(OC)c(Cl)c1.CC. The number of allylic oxidation sites excluding steroid dienone is 5. The van der Waals surface area contributed by atoms with E-state index in [-0.39, 0.29) is 24.5 Å². The lowest BCUT2D eigenvalue weighted by Gasteiger charge is -2.18. The molecule has 0 bridgehead atoms. The Balaban J connectivity index is 0.00000326. The Bertz CT molecular complexity index is 727. The molecule has 0 spiro atoms. The molecule has 0 aliphatic carbocycles. The lowest BCUT2D eigenvalue weighted by molar-refractivity contribution is -0.115. The van der Waals surface area contributed by atoms with E-state index in [1.54, 1.807) is 42.5 Å². The van der Waals surface area contributed by atoms with Gasteiger partial charge in [0, 0.05) is 18.4 Å². The average molecular weight is 391 g/mol. The van der Waals surface area contributed by atoms with E-state index in [1.807, 2.05) is 20.8 Å². The molecule has 7 heteroatoms. The number of hydrogen-bond acceptors (Lipinski definition) is 5. The summed E-state index contributed by atoms with van der Waals surface area (Å²) >= 11 is 6.07. The van der Waals surface area contributed by atoms with Crippen LogP contribution >= 0.6 is 11.6 Å². The van der Waals surface area contributed by atoms with Crippen LogP contribution in [0.2, 0.25) is 5.02 Å². The van der Waals surface area contributed by atoms with Crippen molar-refractivity contribution in [2.45, 2.75) is 33.6 Å². The third-order valence-electron chi connectivity index (χ3n) is 3.29. The minimum Gasteiger partial charge on any atom is -0.495 e. The second-order valence-electron chi connectivity index (χ2n) is 4.96. The number of ether oxygens (including phenoxy) is 1. The second-order valence-corrected chi connectivity index (χ2v) is 5.37. The molecule has 2 N–H and O–H groups in total. The van der Waals surface area contributed by atoms with Crippen LogP contribution in [0.25, 0.3) is 0 Å². The highest BCUT2D eigenvalue weighted by Crippen LogP contribution is 2.29. The van der Waals surface area contributed by atoms with Gasteiger partial charge in [-0.15, -0.1) is 0 Å². The minimum absolute atomic E-state index is 0.0167. The largest absolute Gasteiger partial charge is 0.495 e. The molecule has 0 amide bonds. The van der Waals surface area contributed by atoms with Crippen LogP contribution in [0.15, 0.2) is 59.9 Å². The molecule has 1 aromatic carbocycles. The molecule has 0 unspecified atom stereocenters. The van der Waals surface area contributed by atoms with Crippen molar-refractivity contribution in [1.82, 2.24) is 0 Å². The first-order chi connectivity index (χ1) is 13.0. The first-order valence-corrected chi connectivity index (χ1v) is 8.93. The van der Waals surface area contributed by atoms with Gasteiger partial charge in [-0.25, -0.2) is 5.01 Å². The quantitative estimate of drug-likeness (QED) is 0.132. The standard InChI is InChI=1S/C18H21ClN4O2.C2H6/c1-4-6-13(7-5-2)16(24)9-11-18(20)23(22-21)14-8-10-17(25-3)15(19)12-14;1-2/h4-8,10,12,20-21H,1,9,11H2,2-3H3;1-2H3/b7-5-,13-6+,20-18?,22-21?;. The molecule has 0 aromatic heterocycles. The maximum absolute atomic E-state index is 12.2. The Kier molecular flexibility index (Phi) is 12.1. The van der Waals surface area contributed by atoms with Crippen molar-refractivity contribution in [2.24, 2.45) is 5.22 Å². The molecular weight excluding hydrogens is 364 g/mol. The zero-order valence-electron chi connectivity index (χ0n) is 16.3. The van der Waals surface area contributed by atoms with E-state index in [2.05, 4.69) is 11.8 Å². The lowest BCUT2D eigenvalue weighted by Crippen LogP contribution is -2.24. The molecule has 146 valence electrons. The molecule has 1 aromatic rings. The van der Waals surface area contributed by atoms with Crippen LogP contribution in [0.4, 0.5) is 5.69 Å². The van der Waals surface area contributed by atoms with Crippen molar-refractivity contribution in [3.63, 3.8) is 0 Å². The molecule has 0 aliphatic rings. The van der Waals surface area contributed by atoms with Crippen LogP contribution in [0.3, 0.4) is 0 Å². The smallest absolute Gasteiger partial charge is 0.163 e. The summed E-state index contributed by atoms with van der Waals surface area (Å²) < 4.78 is 5.08. The van der Waals surface area contributed by atoms with Gasteiger partial charge in [0.15, 0.2) is 5.78 Å². The predicted molar refractivity (Wildman–Crippen MR) is 112 cm³/mol. The summed E-state index contributed by atoms with van der Waals surface area (Å²) in [5.41, 5.74) is 8.29. The number of rotatable bonds is 9. The summed E-state index contributed by atoms with van der Waals surface area (Å²) in [5, 5.41) is 12.9. The number of Topliss-reactive ketones (excluding diaryl/α,β-unsaturated/α-hetero) is 1. The topological polar surface area (TPSA) is 89.6 Å². The maximum atomic E-state index is 12.2. The van der Waals surface area contributed by atoms with Crippen molar-refractivity contribution < 1.29 is 9.53 Å². The summed E-state index contributed by atoms with van der Waals surface area (Å²) in [4.78, 5) is 12.2. The molecule has 0 saturated carbocycles. The van der Waals surface area contributed by atoms with Crippen molar-refractivity contribution in [3.8, 4) is 5.75 Å². The number of halogens is 1. The molecule has 0 fully saturated rings. The Morgan fingerprint density at radius 2 is 2.04 bits per heavy atom. The molecular formula is C20H27ClN4O2. The van der Waals surface area contributed by atoms with E-state index >= 15 is 0 Å². The fourth-order valence-electron chi connectivity index (χ4n) is 2.09. The molecule has 0 heterocycles. The van der Waals surface area contributed by atoms with Gasteiger partial charge in [0.25, 0.3) is 0 Å². The highest BCUT2D eigenvalue weighted by atomic mass is 35.5. The summed E-state index contributed by atoms with van der Waals surface area (Å²) in [6.45, 7) is 9.41. The van der Waals surface area contributed by atoms with Gasteiger partial charge in [-0.2, -0.15) is 5.53 Å². The first kappa shape index (κ1) is 24.3. The van der Waals surface area contributed by atoms with Gasteiger partial charge in [-0.3, -0.25) is 10.2 Å². The summed E-state index contributed by atoms with van der Waals surface area (Å²) in [6, 6.07) is 4.82.